The zero-order valence-electron chi connectivity index (χ0n) is 34.6. The van der Waals surface area contributed by atoms with Gasteiger partial charge in [0.2, 0.25) is 0 Å². The zero-order valence-corrected chi connectivity index (χ0v) is 34.6. The van der Waals surface area contributed by atoms with Crippen LogP contribution >= 0.6 is 0 Å². The third kappa shape index (κ3) is 5.46. The van der Waals surface area contributed by atoms with Gasteiger partial charge in [-0.3, -0.25) is 0 Å². The topological polar surface area (TPSA) is 47.9 Å². The van der Waals surface area contributed by atoms with E-state index in [0.29, 0.717) is 17.5 Å². The first-order chi connectivity index (χ1) is 31.7. The molecule has 0 N–H and O–H groups in total. The van der Waals surface area contributed by atoms with Crippen molar-refractivity contribution in [2.75, 3.05) is 0 Å². The smallest absolute Gasteiger partial charge is 0.164 e. The molecule has 0 saturated heterocycles. The fraction of sp³-hybridized carbons (Fsp3) is 0.0167. The summed E-state index contributed by atoms with van der Waals surface area (Å²) in [5.41, 5.74) is 13.6. The van der Waals surface area contributed by atoms with Crippen LogP contribution in [0.1, 0.15) is 22.3 Å². The summed E-state index contributed by atoms with van der Waals surface area (Å²) in [5, 5.41) is 4.84. The molecule has 0 radical (unpaired) electrons. The van der Waals surface area contributed by atoms with E-state index in [4.69, 9.17) is 19.7 Å². The predicted octanol–water partition coefficient (Wildman–Crippen LogP) is 15.0. The lowest BCUT2D eigenvalue weighted by Gasteiger charge is -2.39. The van der Waals surface area contributed by atoms with Crippen LogP contribution in [0.3, 0.4) is 0 Å². The van der Waals surface area contributed by atoms with Crippen molar-refractivity contribution in [2.24, 2.45) is 0 Å². The van der Waals surface area contributed by atoms with Crippen molar-refractivity contribution in [3.8, 4) is 79.0 Å². The summed E-state index contributed by atoms with van der Waals surface area (Å²) in [6.07, 6.45) is 0. The molecule has 13 rings (SSSR count). The predicted molar refractivity (Wildman–Crippen MR) is 259 cm³/mol. The number of fused-ring (bicyclic) bond motifs is 11. The van der Waals surface area contributed by atoms with Crippen LogP contribution in [0.4, 0.5) is 0 Å². The molecule has 4 nitrogen and oxygen atoms in total. The van der Waals surface area contributed by atoms with Gasteiger partial charge in [0.25, 0.3) is 0 Å². The number of para-hydroxylation sites is 2. The Bertz CT molecular complexity index is 3610. The summed E-state index contributed by atoms with van der Waals surface area (Å²) in [6.45, 7) is 0. The second-order valence-corrected chi connectivity index (χ2v) is 16.6. The van der Waals surface area contributed by atoms with Crippen molar-refractivity contribution in [2.45, 2.75) is 5.41 Å². The Morgan fingerprint density at radius 3 is 1.45 bits per heavy atom. The van der Waals surface area contributed by atoms with E-state index in [0.717, 1.165) is 61.6 Å². The van der Waals surface area contributed by atoms with Crippen molar-refractivity contribution in [1.82, 2.24) is 15.0 Å². The van der Waals surface area contributed by atoms with Crippen molar-refractivity contribution in [3.05, 3.63) is 247 Å². The van der Waals surface area contributed by atoms with Crippen LogP contribution in [0, 0.1) is 0 Å². The van der Waals surface area contributed by atoms with Gasteiger partial charge in [0.1, 0.15) is 11.5 Å². The molecule has 298 valence electrons. The number of nitrogens with zero attached hydrogens (tertiary/aromatic N) is 3. The molecule has 0 bridgehead atoms. The molecule has 2 heterocycles. The summed E-state index contributed by atoms with van der Waals surface area (Å²) in [7, 11) is 0. The van der Waals surface area contributed by atoms with E-state index in [1.165, 1.54) is 43.8 Å². The lowest BCUT2D eigenvalue weighted by Crippen LogP contribution is -2.32. The molecule has 0 saturated carbocycles. The maximum absolute atomic E-state index is 6.63. The van der Waals surface area contributed by atoms with Crippen LogP contribution in [0.25, 0.3) is 89.1 Å². The SMILES string of the molecule is c1cc(-c2nc(-c3ccc(-c4cccc5ccccc45)cc3)nc(-c3cccc4c3-c3ccccc3C43c4ccccc4Oc4ccccc43)n2)cc(-c2cccc3ccccc23)c1. The molecule has 1 aliphatic heterocycles. The largest absolute Gasteiger partial charge is 0.457 e. The Hall–Kier alpha value is -8.47. The van der Waals surface area contributed by atoms with Crippen molar-refractivity contribution < 1.29 is 4.74 Å². The number of aromatic nitrogens is 3. The molecule has 0 unspecified atom stereocenters. The van der Waals surface area contributed by atoms with Gasteiger partial charge in [0.05, 0.1) is 5.41 Å². The van der Waals surface area contributed by atoms with Gasteiger partial charge >= 0.3 is 0 Å². The second-order valence-electron chi connectivity index (χ2n) is 16.6. The van der Waals surface area contributed by atoms with Gasteiger partial charge in [-0.25, -0.2) is 15.0 Å². The van der Waals surface area contributed by atoms with Crippen LogP contribution in [0.2, 0.25) is 0 Å². The van der Waals surface area contributed by atoms with Crippen molar-refractivity contribution in [1.29, 1.82) is 0 Å². The first kappa shape index (κ1) is 36.2. The summed E-state index contributed by atoms with van der Waals surface area (Å²) in [4.78, 5) is 16.1. The van der Waals surface area contributed by atoms with Crippen LogP contribution in [-0.2, 0) is 5.41 Å². The Balaban J connectivity index is 1.03. The van der Waals surface area contributed by atoms with Gasteiger partial charge in [-0.2, -0.15) is 0 Å². The minimum Gasteiger partial charge on any atom is -0.457 e. The van der Waals surface area contributed by atoms with Gasteiger partial charge in [-0.1, -0.05) is 206 Å². The highest BCUT2D eigenvalue weighted by atomic mass is 16.5. The van der Waals surface area contributed by atoms with Gasteiger partial charge in [0.15, 0.2) is 17.5 Å². The second kappa shape index (κ2) is 14.3. The summed E-state index contributed by atoms with van der Waals surface area (Å²) in [5.74, 6) is 3.56. The van der Waals surface area contributed by atoms with Gasteiger partial charge < -0.3 is 4.74 Å². The van der Waals surface area contributed by atoms with Gasteiger partial charge in [-0.05, 0) is 84.3 Å². The number of hydrogen-bond acceptors (Lipinski definition) is 4. The summed E-state index contributed by atoms with van der Waals surface area (Å²) < 4.78 is 6.63. The maximum Gasteiger partial charge on any atom is 0.164 e. The molecule has 10 aromatic carbocycles. The van der Waals surface area contributed by atoms with E-state index < -0.39 is 5.41 Å². The molecule has 1 aliphatic carbocycles. The maximum atomic E-state index is 6.63. The van der Waals surface area contributed by atoms with E-state index in [9.17, 15) is 0 Å². The lowest BCUT2D eigenvalue weighted by molar-refractivity contribution is 0.436. The van der Waals surface area contributed by atoms with Crippen molar-refractivity contribution in [3.63, 3.8) is 0 Å². The first-order valence-corrected chi connectivity index (χ1v) is 21.8. The molecule has 0 fully saturated rings. The molecule has 64 heavy (non-hydrogen) atoms. The molecule has 2 aliphatic rings. The van der Waals surface area contributed by atoms with Crippen LogP contribution < -0.4 is 4.74 Å². The Morgan fingerprint density at radius 2 is 0.750 bits per heavy atom. The van der Waals surface area contributed by atoms with Crippen LogP contribution in [-0.4, -0.2) is 15.0 Å². The monoisotopic (exact) mass is 815 g/mol. The summed E-state index contributed by atoms with van der Waals surface area (Å²) >= 11 is 0. The number of hydrogen-bond donors (Lipinski definition) is 0. The molecule has 1 spiro atoms. The fourth-order valence-electron chi connectivity index (χ4n) is 10.4. The minimum absolute atomic E-state index is 0.611. The van der Waals surface area contributed by atoms with Crippen molar-refractivity contribution >= 4 is 21.5 Å². The number of ether oxygens (including phenoxy) is 1. The standard InChI is InChI=1S/C60H37N3O/c1-3-21-44-38(15-1)17-12-24-46(44)40-33-35-41(36-34-40)57-61-58(43-20-11-19-42(37-43)47-25-13-18-39-16-2-4-22-45(39)47)63-59(62-57)49-26-14-30-53-56(49)48-23-5-6-27-50(48)60(53)51-28-7-9-31-54(51)64-55-32-10-8-29-52(55)60/h1-37H. The average Bonchev–Trinajstić information content (AvgIpc) is 3.66. The Kier molecular flexibility index (Phi) is 8.09. The van der Waals surface area contributed by atoms with E-state index in [1.54, 1.807) is 0 Å². The number of benzene rings is 10. The first-order valence-electron chi connectivity index (χ1n) is 21.8. The molecule has 4 heteroatoms. The van der Waals surface area contributed by atoms with E-state index in [1.807, 2.05) is 0 Å². The minimum atomic E-state index is -0.615. The third-order valence-corrected chi connectivity index (χ3v) is 13.2. The highest BCUT2D eigenvalue weighted by Gasteiger charge is 2.51. The molecule has 0 amide bonds. The zero-order chi connectivity index (χ0) is 42.2. The Morgan fingerprint density at radius 1 is 0.297 bits per heavy atom. The fourth-order valence-corrected chi connectivity index (χ4v) is 10.4. The molecule has 11 aromatic rings. The molecule has 1 aromatic heterocycles. The highest BCUT2D eigenvalue weighted by Crippen LogP contribution is 2.63. The van der Waals surface area contributed by atoms with Crippen LogP contribution in [0.15, 0.2) is 224 Å². The number of rotatable bonds is 5. The third-order valence-electron chi connectivity index (χ3n) is 13.2. The Labute approximate surface area is 370 Å². The molecular weight excluding hydrogens is 779 g/mol. The average molecular weight is 816 g/mol. The van der Waals surface area contributed by atoms with E-state index in [-0.39, 0.29) is 0 Å². The van der Waals surface area contributed by atoms with E-state index >= 15 is 0 Å². The lowest BCUT2D eigenvalue weighted by atomic mass is 9.66. The highest BCUT2D eigenvalue weighted by molar-refractivity contribution is 5.99. The quantitative estimate of drug-likeness (QED) is 0.174. The van der Waals surface area contributed by atoms with Crippen LogP contribution in [0.5, 0.6) is 11.5 Å². The normalized spacial score (nSPS) is 12.9. The van der Waals surface area contributed by atoms with E-state index in [2.05, 4.69) is 224 Å². The van der Waals surface area contributed by atoms with Gasteiger partial charge in [0, 0.05) is 27.8 Å². The molecule has 0 atom stereocenters. The molecular formula is C60H37N3O. The summed E-state index contributed by atoms with van der Waals surface area (Å²) in [6, 6.07) is 79.6. The van der Waals surface area contributed by atoms with Gasteiger partial charge in [-0.15, -0.1) is 0 Å².